The summed E-state index contributed by atoms with van der Waals surface area (Å²) in [5, 5.41) is 10.4. The third kappa shape index (κ3) is 2.76. The van der Waals surface area contributed by atoms with Crippen LogP contribution < -0.4 is 5.73 Å². The van der Waals surface area contributed by atoms with E-state index in [-0.39, 0.29) is 11.7 Å². The standard InChI is InChI=1S/C16H13Cl2N3O/c17-10-1-2-11(14(18)5-10)15-6-12(9-3-4-22-8-9)13(7-19)16(20)21-15/h1-2,5-6,9H,3-4,8H2,(H2,20,21)/t9-/m0/s1. The normalized spacial score (nSPS) is 17.4. The van der Waals surface area contributed by atoms with Crippen molar-refractivity contribution in [2.24, 2.45) is 0 Å². The maximum Gasteiger partial charge on any atom is 0.142 e. The predicted octanol–water partition coefficient (Wildman–Crippen LogP) is 4.01. The van der Waals surface area contributed by atoms with Gasteiger partial charge in [-0.15, -0.1) is 0 Å². The second-order valence-electron chi connectivity index (χ2n) is 5.15. The van der Waals surface area contributed by atoms with E-state index in [1.165, 1.54) is 0 Å². The molecule has 6 heteroatoms. The summed E-state index contributed by atoms with van der Waals surface area (Å²) in [6.07, 6.45) is 0.867. The molecule has 2 aromatic rings. The smallest absolute Gasteiger partial charge is 0.142 e. The van der Waals surface area contributed by atoms with Crippen LogP contribution in [0.4, 0.5) is 5.82 Å². The van der Waals surface area contributed by atoms with E-state index in [4.69, 9.17) is 33.7 Å². The zero-order valence-corrected chi connectivity index (χ0v) is 13.2. The number of halogens is 2. The van der Waals surface area contributed by atoms with Crippen molar-refractivity contribution in [2.45, 2.75) is 12.3 Å². The number of pyridine rings is 1. The SMILES string of the molecule is N#Cc1c([C@H]2CCOC2)cc(-c2ccc(Cl)cc2Cl)nc1N. The summed E-state index contributed by atoms with van der Waals surface area (Å²) < 4.78 is 5.42. The Kier molecular flexibility index (Phi) is 4.21. The van der Waals surface area contributed by atoms with Crippen LogP contribution in [0.2, 0.25) is 10.0 Å². The molecule has 1 atom stereocenters. The lowest BCUT2D eigenvalue weighted by atomic mass is 9.93. The molecule has 1 aliphatic heterocycles. The molecule has 4 nitrogen and oxygen atoms in total. The fourth-order valence-electron chi connectivity index (χ4n) is 2.64. The monoisotopic (exact) mass is 333 g/mol. The van der Waals surface area contributed by atoms with E-state index in [9.17, 15) is 5.26 Å². The second-order valence-corrected chi connectivity index (χ2v) is 6.00. The number of rotatable bonds is 2. The van der Waals surface area contributed by atoms with Crippen LogP contribution in [0.15, 0.2) is 24.3 Å². The molecule has 0 bridgehead atoms. The van der Waals surface area contributed by atoms with Gasteiger partial charge in [-0.25, -0.2) is 4.98 Å². The predicted molar refractivity (Wildman–Crippen MR) is 87.0 cm³/mol. The maximum atomic E-state index is 9.36. The Bertz CT molecular complexity index is 765. The van der Waals surface area contributed by atoms with Crippen molar-refractivity contribution in [1.29, 1.82) is 5.26 Å². The number of hydrogen-bond donors (Lipinski definition) is 1. The van der Waals surface area contributed by atoms with E-state index >= 15 is 0 Å². The quantitative estimate of drug-likeness (QED) is 0.900. The minimum Gasteiger partial charge on any atom is -0.383 e. The molecule has 1 aromatic carbocycles. The molecule has 0 amide bonds. The summed E-state index contributed by atoms with van der Waals surface area (Å²) >= 11 is 12.2. The van der Waals surface area contributed by atoms with Crippen LogP contribution >= 0.6 is 23.2 Å². The van der Waals surface area contributed by atoms with E-state index in [1.807, 2.05) is 6.07 Å². The molecular weight excluding hydrogens is 321 g/mol. The van der Waals surface area contributed by atoms with Crippen LogP contribution in [0.5, 0.6) is 0 Å². The minimum absolute atomic E-state index is 0.157. The average molecular weight is 334 g/mol. The third-order valence-corrected chi connectivity index (χ3v) is 4.31. The van der Waals surface area contributed by atoms with Gasteiger partial charge in [-0.1, -0.05) is 23.2 Å². The summed E-state index contributed by atoms with van der Waals surface area (Å²) in [5.74, 6) is 0.373. The number of nitrogens with zero attached hydrogens (tertiary/aromatic N) is 2. The van der Waals surface area contributed by atoms with Gasteiger partial charge in [0.2, 0.25) is 0 Å². The highest BCUT2D eigenvalue weighted by molar-refractivity contribution is 6.36. The average Bonchev–Trinajstić information content (AvgIpc) is 3.00. The number of hydrogen-bond acceptors (Lipinski definition) is 4. The first kappa shape index (κ1) is 15.1. The zero-order valence-electron chi connectivity index (χ0n) is 11.6. The van der Waals surface area contributed by atoms with Crippen LogP contribution in [0, 0.1) is 11.3 Å². The summed E-state index contributed by atoms with van der Waals surface area (Å²) in [6, 6.07) is 9.23. The van der Waals surface area contributed by atoms with Crippen LogP contribution in [0.3, 0.4) is 0 Å². The van der Waals surface area contributed by atoms with Gasteiger partial charge in [0, 0.05) is 23.1 Å². The fraction of sp³-hybridized carbons (Fsp3) is 0.250. The molecule has 22 heavy (non-hydrogen) atoms. The molecule has 0 aliphatic carbocycles. The van der Waals surface area contributed by atoms with Crippen LogP contribution in [0.25, 0.3) is 11.3 Å². The fourth-order valence-corrected chi connectivity index (χ4v) is 3.15. The second kappa shape index (κ2) is 6.13. The van der Waals surface area contributed by atoms with Crippen molar-refractivity contribution in [1.82, 2.24) is 4.98 Å². The van der Waals surface area contributed by atoms with E-state index in [0.29, 0.717) is 34.5 Å². The summed E-state index contributed by atoms with van der Waals surface area (Å²) in [6.45, 7) is 1.28. The van der Waals surface area contributed by atoms with Gasteiger partial charge in [-0.2, -0.15) is 5.26 Å². The molecule has 0 spiro atoms. The first-order valence-corrected chi connectivity index (χ1v) is 7.59. The van der Waals surface area contributed by atoms with Crippen molar-refractivity contribution in [3.05, 3.63) is 45.4 Å². The van der Waals surface area contributed by atoms with Gasteiger partial charge in [0.05, 0.1) is 22.9 Å². The summed E-state index contributed by atoms with van der Waals surface area (Å²) in [5.41, 5.74) is 8.64. The van der Waals surface area contributed by atoms with Crippen molar-refractivity contribution < 1.29 is 4.74 Å². The van der Waals surface area contributed by atoms with Gasteiger partial charge in [0.15, 0.2) is 0 Å². The Labute approximate surface area is 138 Å². The zero-order chi connectivity index (χ0) is 15.7. The largest absolute Gasteiger partial charge is 0.383 e. The minimum atomic E-state index is 0.157. The molecule has 0 radical (unpaired) electrons. The topological polar surface area (TPSA) is 71.9 Å². The Morgan fingerprint density at radius 3 is 2.77 bits per heavy atom. The lowest BCUT2D eigenvalue weighted by Gasteiger charge is -2.14. The third-order valence-electron chi connectivity index (χ3n) is 3.77. The van der Waals surface area contributed by atoms with Gasteiger partial charge in [-0.05, 0) is 36.2 Å². The van der Waals surface area contributed by atoms with Gasteiger partial charge >= 0.3 is 0 Å². The highest BCUT2D eigenvalue weighted by Gasteiger charge is 2.24. The van der Waals surface area contributed by atoms with Crippen LogP contribution in [-0.2, 0) is 4.74 Å². The number of ether oxygens (including phenoxy) is 1. The van der Waals surface area contributed by atoms with Crippen LogP contribution in [-0.4, -0.2) is 18.2 Å². The van der Waals surface area contributed by atoms with Crippen LogP contribution in [0.1, 0.15) is 23.5 Å². The lowest BCUT2D eigenvalue weighted by Crippen LogP contribution is -2.07. The Hall–Kier alpha value is -1.80. The van der Waals surface area contributed by atoms with E-state index in [2.05, 4.69) is 11.1 Å². The van der Waals surface area contributed by atoms with Crippen molar-refractivity contribution >= 4 is 29.0 Å². The van der Waals surface area contributed by atoms with Gasteiger partial charge in [-0.3, -0.25) is 0 Å². The highest BCUT2D eigenvalue weighted by Crippen LogP contribution is 2.35. The molecule has 0 unspecified atom stereocenters. The highest BCUT2D eigenvalue weighted by atomic mass is 35.5. The maximum absolute atomic E-state index is 9.36. The summed E-state index contributed by atoms with van der Waals surface area (Å²) in [7, 11) is 0. The molecule has 2 N–H and O–H groups in total. The Balaban J connectivity index is 2.15. The first-order valence-electron chi connectivity index (χ1n) is 6.84. The van der Waals surface area contributed by atoms with E-state index in [1.54, 1.807) is 18.2 Å². The van der Waals surface area contributed by atoms with Crippen molar-refractivity contribution in [2.75, 3.05) is 18.9 Å². The molecule has 1 fully saturated rings. The number of nitrogen functional groups attached to an aromatic ring is 1. The number of aromatic nitrogens is 1. The summed E-state index contributed by atoms with van der Waals surface area (Å²) in [4.78, 5) is 4.32. The van der Waals surface area contributed by atoms with E-state index in [0.717, 1.165) is 17.5 Å². The molecule has 112 valence electrons. The van der Waals surface area contributed by atoms with Gasteiger partial charge < -0.3 is 10.5 Å². The number of nitrogens with two attached hydrogens (primary N) is 1. The molecule has 2 heterocycles. The van der Waals surface area contributed by atoms with E-state index < -0.39 is 0 Å². The molecule has 1 aliphatic rings. The number of anilines is 1. The molecule has 0 saturated carbocycles. The molecular formula is C16H13Cl2N3O. The number of benzene rings is 1. The Morgan fingerprint density at radius 2 is 2.14 bits per heavy atom. The molecule has 3 rings (SSSR count). The first-order chi connectivity index (χ1) is 10.6. The number of nitriles is 1. The van der Waals surface area contributed by atoms with Crippen molar-refractivity contribution in [3.8, 4) is 17.3 Å². The lowest BCUT2D eigenvalue weighted by molar-refractivity contribution is 0.194. The molecule has 1 aromatic heterocycles. The van der Waals surface area contributed by atoms with Crippen molar-refractivity contribution in [3.63, 3.8) is 0 Å². The Morgan fingerprint density at radius 1 is 1.32 bits per heavy atom. The van der Waals surface area contributed by atoms with Gasteiger partial charge in [0.25, 0.3) is 0 Å². The van der Waals surface area contributed by atoms with Gasteiger partial charge in [0.1, 0.15) is 11.9 Å². The molecule has 1 saturated heterocycles.